The number of aromatic hydroxyl groups is 1. The molecule has 0 unspecified atom stereocenters. The Morgan fingerprint density at radius 3 is 2.40 bits per heavy atom. The van der Waals surface area contributed by atoms with E-state index in [1.54, 1.807) is 23.5 Å². The molecule has 0 bridgehead atoms. The van der Waals surface area contributed by atoms with Gasteiger partial charge in [-0.05, 0) is 92.4 Å². The van der Waals surface area contributed by atoms with Crippen LogP contribution in [0.15, 0.2) is 54.6 Å². The topological polar surface area (TPSA) is 46.5 Å². The number of phenolic OH excluding ortho intramolecular Hbond substituents is 1. The third kappa shape index (κ3) is 3.48. The molecular weight excluding hydrogens is 392 g/mol. The van der Waals surface area contributed by atoms with Gasteiger partial charge in [-0.25, -0.2) is 0 Å². The van der Waals surface area contributed by atoms with Crippen molar-refractivity contribution in [2.24, 2.45) is 0 Å². The predicted octanol–water partition coefficient (Wildman–Crippen LogP) is 6.83. The fourth-order valence-electron chi connectivity index (χ4n) is 3.72. The number of carbonyl (C=O) groups is 1. The Morgan fingerprint density at radius 1 is 0.967 bits per heavy atom. The highest BCUT2D eigenvalue weighted by atomic mass is 32.1. The largest absolute Gasteiger partial charge is 0.508 e. The number of ether oxygens (including phenoxy) is 1. The van der Waals surface area contributed by atoms with E-state index in [-0.39, 0.29) is 11.5 Å². The Morgan fingerprint density at radius 2 is 1.70 bits per heavy atom. The van der Waals surface area contributed by atoms with E-state index in [0.29, 0.717) is 17.7 Å². The summed E-state index contributed by atoms with van der Waals surface area (Å²) in [5, 5.41) is 10.8. The van der Waals surface area contributed by atoms with E-state index in [0.717, 1.165) is 26.3 Å². The van der Waals surface area contributed by atoms with Crippen molar-refractivity contribution in [3.05, 3.63) is 82.4 Å². The van der Waals surface area contributed by atoms with Gasteiger partial charge >= 0.3 is 0 Å². The lowest BCUT2D eigenvalue weighted by molar-refractivity contribution is 0.104. The number of hydrogen-bond donors (Lipinski definition) is 1. The molecule has 4 heteroatoms. The lowest BCUT2D eigenvalue weighted by Gasteiger charge is -2.12. The summed E-state index contributed by atoms with van der Waals surface area (Å²) in [7, 11) is 0. The van der Waals surface area contributed by atoms with Crippen LogP contribution < -0.4 is 4.74 Å². The number of phenols is 1. The molecule has 0 aliphatic rings. The van der Waals surface area contributed by atoms with Crippen molar-refractivity contribution in [3.63, 3.8) is 0 Å². The first-order valence-corrected chi connectivity index (χ1v) is 10.8. The molecule has 0 fully saturated rings. The van der Waals surface area contributed by atoms with Gasteiger partial charge in [0.2, 0.25) is 0 Å². The number of hydrogen-bond acceptors (Lipinski definition) is 4. The Hall–Kier alpha value is -3.11. The number of carbonyl (C=O) groups excluding carboxylic acids is 1. The van der Waals surface area contributed by atoms with E-state index in [9.17, 15) is 9.90 Å². The molecule has 0 radical (unpaired) electrons. The Labute approximate surface area is 180 Å². The maximum absolute atomic E-state index is 13.6. The first kappa shape index (κ1) is 20.2. The van der Waals surface area contributed by atoms with E-state index in [4.69, 9.17) is 4.74 Å². The second-order valence-corrected chi connectivity index (χ2v) is 8.51. The zero-order valence-electron chi connectivity index (χ0n) is 17.6. The molecule has 1 heterocycles. The molecule has 0 saturated heterocycles. The molecule has 1 N–H and O–H groups in total. The fourth-order valence-corrected chi connectivity index (χ4v) is 5.03. The summed E-state index contributed by atoms with van der Waals surface area (Å²) in [5.74, 6) is 0.925. The summed E-state index contributed by atoms with van der Waals surface area (Å²) in [6.07, 6.45) is 0. The molecule has 0 aliphatic heterocycles. The van der Waals surface area contributed by atoms with Crippen LogP contribution in [0.5, 0.6) is 11.5 Å². The van der Waals surface area contributed by atoms with Crippen molar-refractivity contribution in [3.8, 4) is 21.9 Å². The number of thiophene rings is 1. The number of fused-ring (bicyclic) bond motifs is 1. The van der Waals surface area contributed by atoms with Crippen LogP contribution in [-0.2, 0) is 0 Å². The lowest BCUT2D eigenvalue weighted by Crippen LogP contribution is -2.03. The van der Waals surface area contributed by atoms with Crippen LogP contribution >= 0.6 is 11.3 Å². The number of ketones is 1. The van der Waals surface area contributed by atoms with Gasteiger partial charge in [0.05, 0.1) is 6.61 Å². The van der Waals surface area contributed by atoms with Crippen LogP contribution in [0, 0.1) is 20.8 Å². The highest BCUT2D eigenvalue weighted by Gasteiger charge is 2.23. The van der Waals surface area contributed by atoms with Gasteiger partial charge in [-0.1, -0.05) is 12.1 Å². The second-order valence-electron chi connectivity index (χ2n) is 7.45. The molecule has 1 aromatic heterocycles. The molecule has 3 aromatic carbocycles. The van der Waals surface area contributed by atoms with Crippen LogP contribution in [0.1, 0.15) is 39.5 Å². The van der Waals surface area contributed by atoms with Gasteiger partial charge in [-0.2, -0.15) is 0 Å². The summed E-state index contributed by atoms with van der Waals surface area (Å²) >= 11 is 1.55. The minimum absolute atomic E-state index is 0.0254. The molecular formula is C26H24O3S. The summed E-state index contributed by atoms with van der Waals surface area (Å²) in [4.78, 5) is 14.6. The molecule has 0 spiro atoms. The SMILES string of the molecule is CCOc1ccc(C(=O)c2c(-c3ccc(C)c(C)c3C)sc3cc(O)ccc23)cc1. The number of benzene rings is 3. The monoisotopic (exact) mass is 416 g/mol. The van der Waals surface area contributed by atoms with Gasteiger partial charge in [0, 0.05) is 26.1 Å². The van der Waals surface area contributed by atoms with Gasteiger partial charge in [0.1, 0.15) is 11.5 Å². The number of rotatable bonds is 5. The molecule has 0 amide bonds. The third-order valence-electron chi connectivity index (χ3n) is 5.63. The first-order valence-electron chi connectivity index (χ1n) is 10.0. The van der Waals surface area contributed by atoms with Gasteiger partial charge in [0.25, 0.3) is 0 Å². The van der Waals surface area contributed by atoms with Crippen molar-refractivity contribution in [2.75, 3.05) is 6.61 Å². The van der Waals surface area contributed by atoms with Crippen molar-refractivity contribution in [2.45, 2.75) is 27.7 Å². The first-order chi connectivity index (χ1) is 14.4. The van der Waals surface area contributed by atoms with Crippen molar-refractivity contribution >= 4 is 27.2 Å². The highest BCUT2D eigenvalue weighted by Crippen LogP contribution is 2.43. The standard InChI is InChI=1S/C26H24O3S/c1-5-29-20-10-7-18(8-11-20)25(28)24-22-13-9-19(27)14-23(22)30-26(24)21-12-6-15(2)16(3)17(21)4/h6-14,27H,5H2,1-4H3. The second kappa shape index (κ2) is 7.96. The third-order valence-corrected chi connectivity index (χ3v) is 6.82. The summed E-state index contributed by atoms with van der Waals surface area (Å²) in [6.45, 7) is 8.83. The Kier molecular flexibility index (Phi) is 5.35. The molecule has 0 aliphatic carbocycles. The van der Waals surface area contributed by atoms with E-state index >= 15 is 0 Å². The van der Waals surface area contributed by atoms with Crippen molar-refractivity contribution in [1.82, 2.24) is 0 Å². The quantitative estimate of drug-likeness (QED) is 0.363. The molecule has 0 saturated carbocycles. The van der Waals surface area contributed by atoms with E-state index in [1.165, 1.54) is 16.7 Å². The van der Waals surface area contributed by atoms with E-state index in [2.05, 4.69) is 32.9 Å². The normalized spacial score (nSPS) is 11.1. The summed E-state index contributed by atoms with van der Waals surface area (Å²) in [6, 6.07) is 16.7. The molecule has 30 heavy (non-hydrogen) atoms. The van der Waals surface area contributed by atoms with E-state index in [1.807, 2.05) is 37.3 Å². The zero-order chi connectivity index (χ0) is 21.4. The Balaban J connectivity index is 1.93. The zero-order valence-corrected chi connectivity index (χ0v) is 18.4. The minimum atomic E-state index is -0.0254. The molecule has 152 valence electrons. The maximum Gasteiger partial charge on any atom is 0.195 e. The average molecular weight is 417 g/mol. The minimum Gasteiger partial charge on any atom is -0.508 e. The Bertz CT molecular complexity index is 1250. The fraction of sp³-hybridized carbons (Fsp3) is 0.192. The van der Waals surface area contributed by atoms with Gasteiger partial charge in [-0.15, -0.1) is 11.3 Å². The predicted molar refractivity (Wildman–Crippen MR) is 124 cm³/mol. The van der Waals surface area contributed by atoms with Gasteiger partial charge in [-0.3, -0.25) is 4.79 Å². The summed E-state index contributed by atoms with van der Waals surface area (Å²) in [5.41, 5.74) is 6.00. The van der Waals surface area contributed by atoms with Gasteiger partial charge < -0.3 is 9.84 Å². The summed E-state index contributed by atoms with van der Waals surface area (Å²) < 4.78 is 6.41. The molecule has 4 rings (SSSR count). The van der Waals surface area contributed by atoms with Crippen LogP contribution in [-0.4, -0.2) is 17.5 Å². The highest BCUT2D eigenvalue weighted by molar-refractivity contribution is 7.22. The van der Waals surface area contributed by atoms with Gasteiger partial charge in [0.15, 0.2) is 5.78 Å². The average Bonchev–Trinajstić information content (AvgIpc) is 3.10. The van der Waals surface area contributed by atoms with Crippen LogP contribution in [0.4, 0.5) is 0 Å². The van der Waals surface area contributed by atoms with Crippen molar-refractivity contribution in [1.29, 1.82) is 0 Å². The maximum atomic E-state index is 13.6. The molecule has 4 aromatic rings. The van der Waals surface area contributed by atoms with Crippen LogP contribution in [0.3, 0.4) is 0 Å². The molecule has 3 nitrogen and oxygen atoms in total. The lowest BCUT2D eigenvalue weighted by atomic mass is 9.93. The van der Waals surface area contributed by atoms with Crippen LogP contribution in [0.25, 0.3) is 20.5 Å². The number of aryl methyl sites for hydroxylation is 1. The smallest absolute Gasteiger partial charge is 0.195 e. The van der Waals surface area contributed by atoms with Crippen molar-refractivity contribution < 1.29 is 14.6 Å². The molecule has 0 atom stereocenters. The van der Waals surface area contributed by atoms with E-state index < -0.39 is 0 Å². The van der Waals surface area contributed by atoms with Crippen LogP contribution in [0.2, 0.25) is 0 Å².